The summed E-state index contributed by atoms with van der Waals surface area (Å²) in [6.07, 6.45) is 48.8. The van der Waals surface area contributed by atoms with Crippen LogP contribution in [-0.2, 0) is 9.47 Å². The second kappa shape index (κ2) is 41.1. The van der Waals surface area contributed by atoms with E-state index in [1.165, 1.54) is 161 Å². The van der Waals surface area contributed by atoms with E-state index < -0.39 is 0 Å². The molecule has 0 aliphatic rings. The fourth-order valence-corrected chi connectivity index (χ4v) is 5.28. The highest BCUT2D eigenvalue weighted by Gasteiger charge is 1.95. The Balaban J connectivity index is 3.11. The molecule has 0 aromatic carbocycles. The lowest BCUT2D eigenvalue weighted by Crippen LogP contribution is -2.21. The predicted octanol–water partition coefficient (Wildman–Crippen LogP) is 12.5. The Bertz CT molecular complexity index is 571. The van der Waals surface area contributed by atoms with Crippen LogP contribution in [0, 0.1) is 0 Å². The van der Waals surface area contributed by atoms with E-state index in [1.54, 1.807) is 0 Å². The second-order valence-corrected chi connectivity index (χ2v) is 12.5. The molecule has 0 fully saturated rings. The third kappa shape index (κ3) is 41.1. The third-order valence-electron chi connectivity index (χ3n) is 8.15. The molecule has 0 bridgehead atoms. The summed E-state index contributed by atoms with van der Waals surface area (Å²) in [7, 11) is 0. The van der Waals surface area contributed by atoms with E-state index in [0.29, 0.717) is 0 Å². The van der Waals surface area contributed by atoms with Crippen LogP contribution in [0.1, 0.15) is 181 Å². The first-order chi connectivity index (χ1) is 21.4. The minimum atomic E-state index is 0.721. The number of hydrogen-bond acceptors (Lipinski definition) is 3. The van der Waals surface area contributed by atoms with Crippen molar-refractivity contribution in [2.75, 3.05) is 39.5 Å². The van der Waals surface area contributed by atoms with Gasteiger partial charge in [0.2, 0.25) is 0 Å². The van der Waals surface area contributed by atoms with Gasteiger partial charge in [-0.15, -0.1) is 0 Å². The van der Waals surface area contributed by atoms with E-state index in [9.17, 15) is 0 Å². The van der Waals surface area contributed by atoms with Crippen molar-refractivity contribution in [3.63, 3.8) is 0 Å². The Morgan fingerprint density at radius 3 is 1.30 bits per heavy atom. The van der Waals surface area contributed by atoms with Gasteiger partial charge in [0.15, 0.2) is 0 Å². The van der Waals surface area contributed by atoms with E-state index in [0.717, 1.165) is 45.9 Å². The molecule has 0 spiro atoms. The molecule has 0 radical (unpaired) electrons. The summed E-state index contributed by atoms with van der Waals surface area (Å²) in [5.41, 5.74) is 0. The molecule has 1 N–H and O–H groups in total. The number of nitrogens with one attached hydrogen (secondary N) is 1. The van der Waals surface area contributed by atoms with Gasteiger partial charge >= 0.3 is 0 Å². The first-order valence-corrected chi connectivity index (χ1v) is 19.2. The van der Waals surface area contributed by atoms with E-state index in [1.807, 2.05) is 0 Å². The maximum atomic E-state index is 5.74. The fourth-order valence-electron chi connectivity index (χ4n) is 5.28. The molecule has 0 amide bonds. The normalized spacial score (nSPS) is 12.1. The highest BCUT2D eigenvalue weighted by molar-refractivity contribution is 4.92. The van der Waals surface area contributed by atoms with Crippen molar-refractivity contribution in [1.29, 1.82) is 0 Å². The lowest BCUT2D eigenvalue weighted by atomic mass is 10.1. The van der Waals surface area contributed by atoms with Crippen LogP contribution >= 0.6 is 0 Å². The Hall–Kier alpha value is -0.900. The van der Waals surface area contributed by atoms with Crippen LogP contribution in [0.15, 0.2) is 36.5 Å². The summed E-state index contributed by atoms with van der Waals surface area (Å²) in [5, 5.41) is 3.51. The predicted molar refractivity (Wildman–Crippen MR) is 193 cm³/mol. The van der Waals surface area contributed by atoms with Crippen molar-refractivity contribution in [1.82, 2.24) is 5.32 Å². The van der Waals surface area contributed by atoms with Gasteiger partial charge < -0.3 is 14.8 Å². The summed E-state index contributed by atoms with van der Waals surface area (Å²) < 4.78 is 11.4. The molecule has 3 heteroatoms. The molecule has 0 saturated carbocycles. The summed E-state index contributed by atoms with van der Waals surface area (Å²) in [5.74, 6) is 0. The van der Waals surface area contributed by atoms with Crippen LogP contribution in [-0.4, -0.2) is 39.5 Å². The van der Waals surface area contributed by atoms with E-state index in [4.69, 9.17) is 9.47 Å². The first kappa shape index (κ1) is 42.1. The van der Waals surface area contributed by atoms with Gasteiger partial charge in [-0.05, 0) is 77.2 Å². The number of hydrogen-bond donors (Lipinski definition) is 1. The minimum Gasteiger partial charge on any atom is -0.379 e. The largest absolute Gasteiger partial charge is 0.379 e. The quantitative estimate of drug-likeness (QED) is 0.0566. The molecule has 0 aromatic heterocycles. The van der Waals surface area contributed by atoms with Crippen LogP contribution in [0.2, 0.25) is 0 Å². The first-order valence-electron chi connectivity index (χ1n) is 19.2. The van der Waals surface area contributed by atoms with Crippen molar-refractivity contribution in [2.24, 2.45) is 0 Å². The molecule has 0 rings (SSSR count). The zero-order valence-electron chi connectivity index (χ0n) is 29.4. The lowest BCUT2D eigenvalue weighted by molar-refractivity contribution is 0.0473. The second-order valence-electron chi connectivity index (χ2n) is 12.5. The minimum absolute atomic E-state index is 0.721. The molecule has 0 unspecified atom stereocenters. The van der Waals surface area contributed by atoms with Crippen molar-refractivity contribution in [2.45, 2.75) is 181 Å². The maximum absolute atomic E-state index is 5.74. The van der Waals surface area contributed by atoms with Gasteiger partial charge in [-0.2, -0.15) is 0 Å². The van der Waals surface area contributed by atoms with Crippen molar-refractivity contribution in [3.05, 3.63) is 36.5 Å². The van der Waals surface area contributed by atoms with Crippen molar-refractivity contribution >= 4 is 0 Å². The van der Waals surface area contributed by atoms with Crippen LogP contribution in [0.25, 0.3) is 0 Å². The Morgan fingerprint density at radius 1 is 0.349 bits per heavy atom. The van der Waals surface area contributed by atoms with Crippen LogP contribution in [0.4, 0.5) is 0 Å². The average Bonchev–Trinajstić information content (AvgIpc) is 3.02. The molecule has 0 saturated heterocycles. The Kier molecular flexibility index (Phi) is 40.2. The zero-order valence-corrected chi connectivity index (χ0v) is 29.4. The van der Waals surface area contributed by atoms with E-state index >= 15 is 0 Å². The topological polar surface area (TPSA) is 30.5 Å². The van der Waals surface area contributed by atoms with E-state index in [2.05, 4.69) is 55.6 Å². The average molecular weight is 604 g/mol. The number of rotatable bonds is 37. The van der Waals surface area contributed by atoms with Gasteiger partial charge in [-0.25, -0.2) is 0 Å². The molecule has 0 heterocycles. The van der Waals surface area contributed by atoms with Crippen molar-refractivity contribution < 1.29 is 9.47 Å². The maximum Gasteiger partial charge on any atom is 0.0701 e. The van der Waals surface area contributed by atoms with Gasteiger partial charge in [0, 0.05) is 13.2 Å². The van der Waals surface area contributed by atoms with E-state index in [-0.39, 0.29) is 0 Å². The Morgan fingerprint density at radius 2 is 0.744 bits per heavy atom. The molecule has 0 aliphatic heterocycles. The van der Waals surface area contributed by atoms with Crippen LogP contribution in [0.3, 0.4) is 0 Å². The molecule has 43 heavy (non-hydrogen) atoms. The highest BCUT2D eigenvalue weighted by atomic mass is 16.5. The highest BCUT2D eigenvalue weighted by Crippen LogP contribution is 2.10. The third-order valence-corrected chi connectivity index (χ3v) is 8.15. The van der Waals surface area contributed by atoms with Crippen LogP contribution < -0.4 is 5.32 Å². The molecule has 3 nitrogen and oxygen atoms in total. The van der Waals surface area contributed by atoms with Gasteiger partial charge in [0.25, 0.3) is 0 Å². The molecule has 254 valence electrons. The van der Waals surface area contributed by atoms with Gasteiger partial charge in [0.1, 0.15) is 0 Å². The molecular formula is C40H77NO2. The summed E-state index contributed by atoms with van der Waals surface area (Å²) >= 11 is 0. The Labute approximate surface area is 271 Å². The molecule has 0 aromatic rings. The summed E-state index contributed by atoms with van der Waals surface area (Å²) in [6, 6.07) is 0. The van der Waals surface area contributed by atoms with Gasteiger partial charge in [-0.3, -0.25) is 0 Å². The lowest BCUT2D eigenvalue weighted by Gasteiger charge is -2.07. The monoisotopic (exact) mass is 604 g/mol. The number of unbranched alkanes of at least 4 members (excludes halogenated alkanes) is 21. The van der Waals surface area contributed by atoms with Crippen LogP contribution in [0.5, 0.6) is 0 Å². The molecular weight excluding hydrogens is 526 g/mol. The fraction of sp³-hybridized carbons (Fsp3) is 0.850. The summed E-state index contributed by atoms with van der Waals surface area (Å²) in [4.78, 5) is 0. The van der Waals surface area contributed by atoms with Crippen molar-refractivity contribution in [3.8, 4) is 0 Å². The number of ether oxygens (including phenoxy) is 2. The summed E-state index contributed by atoms with van der Waals surface area (Å²) in [6.45, 7) is 9.75. The van der Waals surface area contributed by atoms with Gasteiger partial charge in [-0.1, -0.05) is 147 Å². The SMILES string of the molecule is CCCCC/C=C\C/C=C\CCCCCCCCNCCOCCOCCCCCCCC/C=C\CCCCCCCC. The van der Waals surface area contributed by atoms with Gasteiger partial charge in [0.05, 0.1) is 19.8 Å². The molecule has 0 aliphatic carbocycles. The number of allylic oxidation sites excluding steroid dienone is 6. The smallest absolute Gasteiger partial charge is 0.0701 e. The zero-order chi connectivity index (χ0) is 31.0. The standard InChI is InChI=1S/C40H77NO2/c1-3-5-7-9-11-13-15-17-19-21-23-25-27-29-31-33-35-41-36-38-43-40-39-42-37-34-32-30-28-26-24-22-20-18-16-14-12-10-8-6-4-2/h11,13,17-20,41H,3-10,12,14-16,21-40H2,1-2H3/b13-11-,19-17-,20-18-. The molecule has 0 atom stereocenters.